The van der Waals surface area contributed by atoms with Crippen molar-refractivity contribution in [3.63, 3.8) is 0 Å². The maximum Gasteiger partial charge on any atom is 0.123 e. The first-order valence-corrected chi connectivity index (χ1v) is 6.36. The summed E-state index contributed by atoms with van der Waals surface area (Å²) in [6.45, 7) is 5.75. The molecule has 17 heavy (non-hydrogen) atoms. The lowest BCUT2D eigenvalue weighted by Gasteiger charge is -2.24. The van der Waals surface area contributed by atoms with Crippen LogP contribution < -0.4 is 4.90 Å². The lowest BCUT2D eigenvalue weighted by Crippen LogP contribution is -2.31. The fourth-order valence-corrected chi connectivity index (χ4v) is 3.36. The molecule has 2 saturated heterocycles. The molecular weight excluding hydrogens is 215 g/mol. The summed E-state index contributed by atoms with van der Waals surface area (Å²) in [6.07, 6.45) is 0. The molecule has 2 fully saturated rings. The van der Waals surface area contributed by atoms with Crippen molar-refractivity contribution >= 4 is 5.69 Å². The minimum absolute atomic E-state index is 0.152. The Kier molecular flexibility index (Phi) is 2.58. The Morgan fingerprint density at radius 1 is 1.12 bits per heavy atom. The van der Waals surface area contributed by atoms with Crippen molar-refractivity contribution in [2.45, 2.75) is 13.0 Å². The standard InChI is InChI=1S/C14H19FN2/c1-10-14-9-17(8-11(14)7-16(10)2)13-5-3-12(15)4-6-13/h3-6,10-11,14H,7-9H2,1-2H3. The molecule has 3 atom stereocenters. The lowest BCUT2D eigenvalue weighted by molar-refractivity contribution is 0.295. The highest BCUT2D eigenvalue weighted by Crippen LogP contribution is 2.37. The largest absolute Gasteiger partial charge is 0.371 e. The molecule has 2 nitrogen and oxygen atoms in total. The van der Waals surface area contributed by atoms with E-state index in [9.17, 15) is 4.39 Å². The SMILES string of the molecule is CC1C2CN(c3ccc(F)cc3)CC2CN1C. The van der Waals surface area contributed by atoms with Crippen LogP contribution in [-0.4, -0.2) is 37.6 Å². The van der Waals surface area contributed by atoms with Gasteiger partial charge in [-0.25, -0.2) is 4.39 Å². The van der Waals surface area contributed by atoms with E-state index in [1.54, 1.807) is 12.1 Å². The van der Waals surface area contributed by atoms with Crippen molar-refractivity contribution in [1.29, 1.82) is 0 Å². The van der Waals surface area contributed by atoms with Gasteiger partial charge in [0.25, 0.3) is 0 Å². The van der Waals surface area contributed by atoms with Crippen LogP contribution in [0.4, 0.5) is 10.1 Å². The maximum atomic E-state index is 12.9. The molecule has 1 aromatic carbocycles. The third-order valence-corrected chi connectivity index (χ3v) is 4.52. The molecule has 0 N–H and O–H groups in total. The van der Waals surface area contributed by atoms with Gasteiger partial charge in [0.1, 0.15) is 5.82 Å². The molecule has 3 rings (SSSR count). The van der Waals surface area contributed by atoms with Crippen LogP contribution >= 0.6 is 0 Å². The van der Waals surface area contributed by atoms with E-state index in [1.165, 1.54) is 6.54 Å². The second-order valence-corrected chi connectivity index (χ2v) is 5.49. The van der Waals surface area contributed by atoms with E-state index in [-0.39, 0.29) is 5.82 Å². The molecule has 0 amide bonds. The highest BCUT2D eigenvalue weighted by Gasteiger charge is 2.43. The van der Waals surface area contributed by atoms with Gasteiger partial charge in [-0.05, 0) is 50.1 Å². The van der Waals surface area contributed by atoms with Gasteiger partial charge in [-0.2, -0.15) is 0 Å². The predicted octanol–water partition coefficient (Wildman–Crippen LogP) is 2.21. The van der Waals surface area contributed by atoms with Crippen molar-refractivity contribution < 1.29 is 4.39 Å². The number of anilines is 1. The van der Waals surface area contributed by atoms with Crippen LogP contribution in [0.1, 0.15) is 6.92 Å². The average Bonchev–Trinajstić information content (AvgIpc) is 2.82. The summed E-state index contributed by atoms with van der Waals surface area (Å²) in [6, 6.07) is 7.57. The molecule has 3 unspecified atom stereocenters. The minimum atomic E-state index is -0.152. The molecule has 0 spiro atoms. The van der Waals surface area contributed by atoms with Crippen molar-refractivity contribution in [3.8, 4) is 0 Å². The normalized spacial score (nSPS) is 33.1. The molecule has 0 radical (unpaired) electrons. The number of halogens is 1. The lowest BCUT2D eigenvalue weighted by atomic mass is 9.95. The Hall–Kier alpha value is -1.09. The first kappa shape index (κ1) is 11.0. The van der Waals surface area contributed by atoms with Crippen LogP contribution in [-0.2, 0) is 0 Å². The van der Waals surface area contributed by atoms with Crippen LogP contribution in [0.15, 0.2) is 24.3 Å². The third kappa shape index (κ3) is 1.82. The smallest absolute Gasteiger partial charge is 0.123 e. The Morgan fingerprint density at radius 2 is 1.82 bits per heavy atom. The molecule has 2 aliphatic heterocycles. The zero-order chi connectivity index (χ0) is 12.0. The molecule has 0 bridgehead atoms. The van der Waals surface area contributed by atoms with Crippen LogP contribution in [0.5, 0.6) is 0 Å². The van der Waals surface area contributed by atoms with E-state index < -0.39 is 0 Å². The molecule has 92 valence electrons. The third-order valence-electron chi connectivity index (χ3n) is 4.52. The molecule has 2 aliphatic rings. The Bertz CT molecular complexity index is 403. The zero-order valence-electron chi connectivity index (χ0n) is 10.4. The molecular formula is C14H19FN2. The van der Waals surface area contributed by atoms with Gasteiger partial charge in [-0.3, -0.25) is 0 Å². The molecule has 2 heterocycles. The predicted molar refractivity (Wildman–Crippen MR) is 67.7 cm³/mol. The quantitative estimate of drug-likeness (QED) is 0.735. The van der Waals surface area contributed by atoms with Gasteiger partial charge in [0.2, 0.25) is 0 Å². The van der Waals surface area contributed by atoms with E-state index >= 15 is 0 Å². The van der Waals surface area contributed by atoms with Gasteiger partial charge in [-0.1, -0.05) is 0 Å². The van der Waals surface area contributed by atoms with Crippen LogP contribution in [0, 0.1) is 17.7 Å². The second kappa shape index (κ2) is 3.98. The van der Waals surface area contributed by atoms with Gasteiger partial charge in [0.15, 0.2) is 0 Å². The van der Waals surface area contributed by atoms with Gasteiger partial charge >= 0.3 is 0 Å². The molecule has 0 saturated carbocycles. The molecule has 1 aromatic rings. The van der Waals surface area contributed by atoms with E-state index in [1.807, 2.05) is 12.1 Å². The van der Waals surface area contributed by atoms with Crippen LogP contribution in [0.2, 0.25) is 0 Å². The van der Waals surface area contributed by atoms with Crippen molar-refractivity contribution in [2.75, 3.05) is 31.6 Å². The number of nitrogens with zero attached hydrogens (tertiary/aromatic N) is 2. The number of fused-ring (bicyclic) bond motifs is 1. The van der Waals surface area contributed by atoms with Crippen molar-refractivity contribution in [1.82, 2.24) is 4.90 Å². The number of rotatable bonds is 1. The van der Waals surface area contributed by atoms with Crippen molar-refractivity contribution in [3.05, 3.63) is 30.1 Å². The number of hydrogen-bond donors (Lipinski definition) is 0. The molecule has 0 aliphatic carbocycles. The summed E-state index contributed by atoms with van der Waals surface area (Å²) in [5.74, 6) is 1.39. The van der Waals surface area contributed by atoms with E-state index in [2.05, 4.69) is 23.8 Å². The maximum absolute atomic E-state index is 12.9. The highest BCUT2D eigenvalue weighted by molar-refractivity contribution is 5.47. The fraction of sp³-hybridized carbons (Fsp3) is 0.571. The van der Waals surface area contributed by atoms with Gasteiger partial charge in [0.05, 0.1) is 0 Å². The first-order chi connectivity index (χ1) is 8.15. The minimum Gasteiger partial charge on any atom is -0.371 e. The Balaban J connectivity index is 1.75. The summed E-state index contributed by atoms with van der Waals surface area (Å²) in [5.41, 5.74) is 1.16. The summed E-state index contributed by atoms with van der Waals surface area (Å²) in [5, 5.41) is 0. The van der Waals surface area contributed by atoms with E-state index in [0.29, 0.717) is 6.04 Å². The number of hydrogen-bond acceptors (Lipinski definition) is 2. The van der Waals surface area contributed by atoms with Gasteiger partial charge in [0, 0.05) is 31.4 Å². The van der Waals surface area contributed by atoms with Gasteiger partial charge < -0.3 is 9.80 Å². The first-order valence-electron chi connectivity index (χ1n) is 6.36. The summed E-state index contributed by atoms with van der Waals surface area (Å²) in [7, 11) is 2.21. The number of benzene rings is 1. The van der Waals surface area contributed by atoms with E-state index in [0.717, 1.165) is 30.6 Å². The van der Waals surface area contributed by atoms with E-state index in [4.69, 9.17) is 0 Å². The Morgan fingerprint density at radius 3 is 2.47 bits per heavy atom. The molecule has 0 aromatic heterocycles. The summed E-state index contributed by atoms with van der Waals surface area (Å²) in [4.78, 5) is 4.86. The topological polar surface area (TPSA) is 6.48 Å². The number of likely N-dealkylation sites (tertiary alicyclic amines) is 1. The summed E-state index contributed by atoms with van der Waals surface area (Å²) >= 11 is 0. The second-order valence-electron chi connectivity index (χ2n) is 5.49. The monoisotopic (exact) mass is 234 g/mol. The van der Waals surface area contributed by atoms with Gasteiger partial charge in [-0.15, -0.1) is 0 Å². The van der Waals surface area contributed by atoms with Crippen molar-refractivity contribution in [2.24, 2.45) is 11.8 Å². The highest BCUT2D eigenvalue weighted by atomic mass is 19.1. The summed E-state index contributed by atoms with van der Waals surface area (Å²) < 4.78 is 12.9. The molecule has 3 heteroatoms. The fourth-order valence-electron chi connectivity index (χ4n) is 3.36. The van der Waals surface area contributed by atoms with Crippen LogP contribution in [0.3, 0.4) is 0 Å². The Labute approximate surface area is 102 Å². The van der Waals surface area contributed by atoms with Crippen LogP contribution in [0.25, 0.3) is 0 Å². The average molecular weight is 234 g/mol. The zero-order valence-corrected chi connectivity index (χ0v) is 10.4.